The molecular formula is C16H24ClF2N. The summed E-state index contributed by atoms with van der Waals surface area (Å²) in [5.74, 6) is -1.01. The van der Waals surface area contributed by atoms with Crippen molar-refractivity contribution >= 4 is 11.6 Å². The SMILES string of the molecule is CCCCCCCCC(NC)c1cc(F)c(Cl)cc1F. The topological polar surface area (TPSA) is 12.0 Å². The molecule has 0 aliphatic rings. The summed E-state index contributed by atoms with van der Waals surface area (Å²) >= 11 is 5.57. The Hall–Kier alpha value is -0.670. The highest BCUT2D eigenvalue weighted by molar-refractivity contribution is 6.30. The third-order valence-electron chi connectivity index (χ3n) is 3.61. The van der Waals surface area contributed by atoms with E-state index < -0.39 is 11.6 Å². The Morgan fingerprint density at radius 2 is 1.70 bits per heavy atom. The molecule has 0 saturated heterocycles. The van der Waals surface area contributed by atoms with E-state index in [1.807, 2.05) is 0 Å². The van der Waals surface area contributed by atoms with Crippen LogP contribution in [-0.4, -0.2) is 7.05 Å². The van der Waals surface area contributed by atoms with E-state index in [1.54, 1.807) is 7.05 Å². The zero-order valence-corrected chi connectivity index (χ0v) is 13.1. The number of unbranched alkanes of at least 4 members (excludes halogenated alkanes) is 5. The van der Waals surface area contributed by atoms with Crippen molar-refractivity contribution in [2.45, 2.75) is 57.9 Å². The fourth-order valence-corrected chi connectivity index (χ4v) is 2.54. The first-order chi connectivity index (χ1) is 9.60. The summed E-state index contributed by atoms with van der Waals surface area (Å²) in [5, 5.41) is 2.89. The predicted molar refractivity (Wildman–Crippen MR) is 81.2 cm³/mol. The number of nitrogens with one attached hydrogen (secondary N) is 1. The minimum absolute atomic E-state index is 0.159. The van der Waals surface area contributed by atoms with Gasteiger partial charge < -0.3 is 5.32 Å². The molecule has 0 aromatic heterocycles. The maximum atomic E-state index is 13.9. The second kappa shape index (κ2) is 9.30. The molecule has 0 amide bonds. The average molecular weight is 304 g/mol. The second-order valence-electron chi connectivity index (χ2n) is 5.19. The van der Waals surface area contributed by atoms with Gasteiger partial charge in [-0.3, -0.25) is 0 Å². The Kier molecular flexibility index (Phi) is 8.08. The van der Waals surface area contributed by atoms with Gasteiger partial charge in [-0.1, -0.05) is 57.0 Å². The van der Waals surface area contributed by atoms with Gasteiger partial charge in [0.05, 0.1) is 5.02 Å². The molecule has 0 radical (unpaired) electrons. The third kappa shape index (κ3) is 5.37. The number of halogens is 3. The van der Waals surface area contributed by atoms with Crippen molar-refractivity contribution in [2.24, 2.45) is 0 Å². The summed E-state index contributed by atoms with van der Waals surface area (Å²) in [6, 6.07) is 2.10. The van der Waals surface area contributed by atoms with Crippen molar-refractivity contribution in [1.82, 2.24) is 5.32 Å². The molecule has 0 saturated carbocycles. The number of rotatable bonds is 9. The van der Waals surface area contributed by atoms with Gasteiger partial charge in [-0.2, -0.15) is 0 Å². The standard InChI is InChI=1S/C16H24ClF2N/c1-3-4-5-6-7-8-9-16(20-2)12-10-15(19)13(17)11-14(12)18/h10-11,16,20H,3-9H2,1-2H3. The molecule has 4 heteroatoms. The summed E-state index contributed by atoms with van der Waals surface area (Å²) in [7, 11) is 1.77. The molecule has 1 atom stereocenters. The van der Waals surface area contributed by atoms with Crippen LogP contribution < -0.4 is 5.32 Å². The van der Waals surface area contributed by atoms with Gasteiger partial charge in [0.25, 0.3) is 0 Å². The van der Waals surface area contributed by atoms with E-state index in [0.717, 1.165) is 25.3 Å². The normalized spacial score (nSPS) is 12.7. The monoisotopic (exact) mass is 303 g/mol. The van der Waals surface area contributed by atoms with E-state index in [1.165, 1.54) is 31.7 Å². The van der Waals surface area contributed by atoms with Crippen LogP contribution in [0.15, 0.2) is 12.1 Å². The molecule has 0 heterocycles. The van der Waals surface area contributed by atoms with Crippen molar-refractivity contribution in [3.63, 3.8) is 0 Å². The summed E-state index contributed by atoms with van der Waals surface area (Å²) < 4.78 is 27.3. The largest absolute Gasteiger partial charge is 0.313 e. The molecule has 1 aromatic carbocycles. The zero-order valence-electron chi connectivity index (χ0n) is 12.3. The smallest absolute Gasteiger partial charge is 0.142 e. The van der Waals surface area contributed by atoms with Gasteiger partial charge in [-0.05, 0) is 25.6 Å². The Labute approximate surface area is 125 Å². The lowest BCUT2D eigenvalue weighted by Gasteiger charge is -2.17. The molecule has 0 spiro atoms. The highest BCUT2D eigenvalue weighted by Crippen LogP contribution is 2.27. The van der Waals surface area contributed by atoms with Crippen molar-refractivity contribution < 1.29 is 8.78 Å². The van der Waals surface area contributed by atoms with Crippen LogP contribution in [0.2, 0.25) is 5.02 Å². The summed E-state index contributed by atoms with van der Waals surface area (Å²) in [6.45, 7) is 2.19. The van der Waals surface area contributed by atoms with Crippen LogP contribution in [0.5, 0.6) is 0 Å². The van der Waals surface area contributed by atoms with Crippen LogP contribution in [0.3, 0.4) is 0 Å². The molecule has 1 unspecified atom stereocenters. The lowest BCUT2D eigenvalue weighted by atomic mass is 9.99. The van der Waals surface area contributed by atoms with E-state index in [2.05, 4.69) is 12.2 Å². The van der Waals surface area contributed by atoms with Gasteiger partial charge in [0.15, 0.2) is 0 Å². The van der Waals surface area contributed by atoms with E-state index in [-0.39, 0.29) is 11.1 Å². The fourth-order valence-electron chi connectivity index (χ4n) is 2.39. The van der Waals surface area contributed by atoms with Crippen LogP contribution in [0.4, 0.5) is 8.78 Å². The maximum Gasteiger partial charge on any atom is 0.142 e. The molecule has 0 bridgehead atoms. The van der Waals surface area contributed by atoms with Crippen molar-refractivity contribution in [3.8, 4) is 0 Å². The van der Waals surface area contributed by atoms with Gasteiger partial charge >= 0.3 is 0 Å². The van der Waals surface area contributed by atoms with Crippen molar-refractivity contribution in [1.29, 1.82) is 0 Å². The molecule has 0 aliphatic carbocycles. The number of hydrogen-bond acceptors (Lipinski definition) is 1. The molecule has 0 fully saturated rings. The van der Waals surface area contributed by atoms with E-state index in [9.17, 15) is 8.78 Å². The van der Waals surface area contributed by atoms with Crippen LogP contribution in [-0.2, 0) is 0 Å². The van der Waals surface area contributed by atoms with Crippen LogP contribution in [0.25, 0.3) is 0 Å². The third-order valence-corrected chi connectivity index (χ3v) is 3.90. The summed E-state index contributed by atoms with van der Waals surface area (Å²) in [4.78, 5) is 0. The van der Waals surface area contributed by atoms with Gasteiger partial charge in [0.1, 0.15) is 11.6 Å². The minimum Gasteiger partial charge on any atom is -0.313 e. The molecule has 20 heavy (non-hydrogen) atoms. The number of hydrogen-bond donors (Lipinski definition) is 1. The highest BCUT2D eigenvalue weighted by atomic mass is 35.5. The first kappa shape index (κ1) is 17.4. The van der Waals surface area contributed by atoms with Gasteiger partial charge in [-0.25, -0.2) is 8.78 Å². The fraction of sp³-hybridized carbons (Fsp3) is 0.625. The molecule has 1 N–H and O–H groups in total. The van der Waals surface area contributed by atoms with Crippen molar-refractivity contribution in [2.75, 3.05) is 7.05 Å². The lowest BCUT2D eigenvalue weighted by Crippen LogP contribution is -2.18. The van der Waals surface area contributed by atoms with Crippen LogP contribution >= 0.6 is 11.6 Å². The van der Waals surface area contributed by atoms with E-state index in [4.69, 9.17) is 11.6 Å². The van der Waals surface area contributed by atoms with Crippen LogP contribution in [0.1, 0.15) is 63.5 Å². The van der Waals surface area contributed by atoms with Gasteiger partial charge in [0, 0.05) is 11.6 Å². The second-order valence-corrected chi connectivity index (χ2v) is 5.59. The minimum atomic E-state index is -0.564. The molecule has 114 valence electrons. The first-order valence-electron chi connectivity index (χ1n) is 7.41. The Morgan fingerprint density at radius 3 is 2.35 bits per heavy atom. The zero-order chi connectivity index (χ0) is 15.0. The Bertz CT molecular complexity index is 410. The summed E-state index contributed by atoms with van der Waals surface area (Å²) in [5.41, 5.74) is 0.364. The number of benzene rings is 1. The quantitative estimate of drug-likeness (QED) is 0.460. The highest BCUT2D eigenvalue weighted by Gasteiger charge is 2.16. The maximum absolute atomic E-state index is 13.9. The summed E-state index contributed by atoms with van der Waals surface area (Å²) in [6.07, 6.45) is 7.92. The molecule has 1 aromatic rings. The molecular weight excluding hydrogens is 280 g/mol. The molecule has 1 rings (SSSR count). The van der Waals surface area contributed by atoms with Crippen molar-refractivity contribution in [3.05, 3.63) is 34.4 Å². The lowest BCUT2D eigenvalue weighted by molar-refractivity contribution is 0.472. The Morgan fingerprint density at radius 1 is 1.05 bits per heavy atom. The average Bonchev–Trinajstić information content (AvgIpc) is 2.43. The van der Waals surface area contributed by atoms with E-state index in [0.29, 0.717) is 5.56 Å². The van der Waals surface area contributed by atoms with E-state index >= 15 is 0 Å². The predicted octanol–water partition coefficient (Wildman–Crippen LogP) is 5.63. The molecule has 0 aliphatic heterocycles. The first-order valence-corrected chi connectivity index (χ1v) is 7.79. The Balaban J connectivity index is 2.52. The molecule has 1 nitrogen and oxygen atoms in total. The van der Waals surface area contributed by atoms with Gasteiger partial charge in [0.2, 0.25) is 0 Å². The van der Waals surface area contributed by atoms with Crippen LogP contribution in [0, 0.1) is 11.6 Å². The van der Waals surface area contributed by atoms with Gasteiger partial charge in [-0.15, -0.1) is 0 Å².